The lowest BCUT2D eigenvalue weighted by Crippen LogP contribution is -2.29. The summed E-state index contributed by atoms with van der Waals surface area (Å²) < 4.78 is 0. The molecule has 2 N–H and O–H groups in total. The maximum atomic E-state index is 9.94. The van der Waals surface area contributed by atoms with Crippen LogP contribution < -0.4 is 5.32 Å². The molecule has 4 rings (SSSR count). The van der Waals surface area contributed by atoms with E-state index in [0.717, 1.165) is 12.8 Å². The van der Waals surface area contributed by atoms with E-state index in [2.05, 4.69) is 79.0 Å². The molecule has 0 amide bonds. The number of hydrogen-bond acceptors (Lipinski definition) is 2. The summed E-state index contributed by atoms with van der Waals surface area (Å²) >= 11 is 0. The number of fused-ring (bicyclic) bond motifs is 1. The second-order valence-electron chi connectivity index (χ2n) is 9.72. The Bertz CT molecular complexity index is 965. The Morgan fingerprint density at radius 1 is 0.967 bits per heavy atom. The Hall–Kier alpha value is -2.16. The quantitative estimate of drug-likeness (QED) is 0.472. The molecule has 30 heavy (non-hydrogen) atoms. The lowest BCUT2D eigenvalue weighted by Gasteiger charge is -2.22. The molecule has 0 heterocycles. The number of benzene rings is 3. The fourth-order valence-corrected chi connectivity index (χ4v) is 4.91. The first-order valence-corrected chi connectivity index (χ1v) is 11.4. The van der Waals surface area contributed by atoms with Gasteiger partial charge in [0.05, 0.1) is 5.60 Å². The lowest BCUT2D eigenvalue weighted by molar-refractivity contribution is 0.0714. The van der Waals surface area contributed by atoms with Gasteiger partial charge < -0.3 is 10.4 Å². The van der Waals surface area contributed by atoms with Crippen LogP contribution in [-0.4, -0.2) is 16.7 Å². The van der Waals surface area contributed by atoms with Gasteiger partial charge in [-0.05, 0) is 86.3 Å². The molecule has 3 aromatic carbocycles. The van der Waals surface area contributed by atoms with Crippen molar-refractivity contribution in [3.05, 3.63) is 83.4 Å². The van der Waals surface area contributed by atoms with Crippen LogP contribution in [0.15, 0.2) is 66.7 Å². The second kappa shape index (κ2) is 8.91. The van der Waals surface area contributed by atoms with Gasteiger partial charge in [0.1, 0.15) is 0 Å². The summed E-state index contributed by atoms with van der Waals surface area (Å²) in [5, 5.41) is 16.5. The summed E-state index contributed by atoms with van der Waals surface area (Å²) in [4.78, 5) is 0. The molecule has 0 bridgehead atoms. The van der Waals surface area contributed by atoms with Gasteiger partial charge in [-0.25, -0.2) is 0 Å². The summed E-state index contributed by atoms with van der Waals surface area (Å²) in [6, 6.07) is 25.3. The molecule has 3 atom stereocenters. The van der Waals surface area contributed by atoms with E-state index in [0.29, 0.717) is 18.0 Å². The van der Waals surface area contributed by atoms with Crippen molar-refractivity contribution in [3.8, 4) is 0 Å². The van der Waals surface area contributed by atoms with Crippen LogP contribution >= 0.6 is 0 Å². The average molecular weight is 402 g/mol. The number of nitrogens with one attached hydrogen (secondary N) is 1. The highest BCUT2D eigenvalue weighted by Gasteiger charge is 2.27. The predicted molar refractivity (Wildman–Crippen MR) is 127 cm³/mol. The second-order valence-corrected chi connectivity index (χ2v) is 9.72. The molecule has 0 aliphatic heterocycles. The summed E-state index contributed by atoms with van der Waals surface area (Å²) in [6.07, 6.45) is 5.43. The van der Waals surface area contributed by atoms with Gasteiger partial charge in [0.2, 0.25) is 0 Å². The van der Waals surface area contributed by atoms with Gasteiger partial charge in [0.25, 0.3) is 0 Å². The Kier molecular flexibility index (Phi) is 6.26. The maximum Gasteiger partial charge on any atom is 0.0594 e. The monoisotopic (exact) mass is 401 g/mol. The number of hydrogen-bond donors (Lipinski definition) is 2. The molecular weight excluding hydrogens is 366 g/mol. The molecule has 2 heteroatoms. The molecule has 1 aliphatic carbocycles. The van der Waals surface area contributed by atoms with E-state index in [1.165, 1.54) is 46.7 Å². The number of aliphatic hydroxyl groups is 1. The van der Waals surface area contributed by atoms with Gasteiger partial charge in [-0.1, -0.05) is 66.7 Å². The normalized spacial score (nSPS) is 20.5. The molecular formula is C28H35NO. The third-order valence-corrected chi connectivity index (χ3v) is 6.68. The molecule has 2 unspecified atom stereocenters. The van der Waals surface area contributed by atoms with Crippen molar-refractivity contribution < 1.29 is 5.11 Å². The number of aryl methyl sites for hydroxylation is 1. The van der Waals surface area contributed by atoms with E-state index in [1.54, 1.807) is 0 Å². The van der Waals surface area contributed by atoms with Crippen LogP contribution in [0.25, 0.3) is 10.8 Å². The minimum absolute atomic E-state index is 0.351. The lowest BCUT2D eigenvalue weighted by atomic mass is 9.94. The van der Waals surface area contributed by atoms with Gasteiger partial charge in [-0.15, -0.1) is 0 Å². The third kappa shape index (κ3) is 5.11. The smallest absolute Gasteiger partial charge is 0.0594 e. The van der Waals surface area contributed by atoms with E-state index >= 15 is 0 Å². The van der Waals surface area contributed by atoms with Crippen molar-refractivity contribution in [2.45, 2.75) is 76.5 Å². The Morgan fingerprint density at radius 3 is 2.47 bits per heavy atom. The first-order valence-electron chi connectivity index (χ1n) is 11.4. The largest absolute Gasteiger partial charge is 0.390 e. The van der Waals surface area contributed by atoms with E-state index in [9.17, 15) is 5.11 Å². The Balaban J connectivity index is 1.36. The van der Waals surface area contributed by atoms with Crippen molar-refractivity contribution >= 4 is 10.8 Å². The van der Waals surface area contributed by atoms with Crippen molar-refractivity contribution in [2.24, 2.45) is 0 Å². The topological polar surface area (TPSA) is 32.3 Å². The van der Waals surface area contributed by atoms with E-state index < -0.39 is 5.60 Å². The van der Waals surface area contributed by atoms with Crippen molar-refractivity contribution in [2.75, 3.05) is 0 Å². The summed E-state index contributed by atoms with van der Waals surface area (Å²) in [7, 11) is 0. The zero-order chi connectivity index (χ0) is 21.1. The fourth-order valence-electron chi connectivity index (χ4n) is 4.91. The highest BCUT2D eigenvalue weighted by molar-refractivity contribution is 5.86. The molecule has 1 aliphatic rings. The molecule has 2 nitrogen and oxygen atoms in total. The van der Waals surface area contributed by atoms with Crippen LogP contribution in [0.5, 0.6) is 0 Å². The Morgan fingerprint density at radius 2 is 1.70 bits per heavy atom. The maximum absolute atomic E-state index is 9.94. The van der Waals surface area contributed by atoms with Crippen LogP contribution in [0.1, 0.15) is 75.1 Å². The summed E-state index contributed by atoms with van der Waals surface area (Å²) in [6.45, 7) is 6.06. The third-order valence-electron chi connectivity index (χ3n) is 6.68. The molecule has 1 saturated carbocycles. The first kappa shape index (κ1) is 21.1. The summed E-state index contributed by atoms with van der Waals surface area (Å²) in [5.74, 6) is 0.644. The van der Waals surface area contributed by atoms with Gasteiger partial charge in [-0.3, -0.25) is 0 Å². The first-order chi connectivity index (χ1) is 14.4. The fraction of sp³-hybridized carbons (Fsp3) is 0.429. The molecule has 158 valence electrons. The molecule has 0 radical (unpaired) electrons. The molecule has 3 aromatic rings. The Labute approximate surface area is 181 Å². The molecule has 0 saturated heterocycles. The van der Waals surface area contributed by atoms with Crippen LogP contribution in [-0.2, 0) is 6.42 Å². The summed E-state index contributed by atoms with van der Waals surface area (Å²) in [5.41, 5.74) is 3.58. The number of rotatable bonds is 7. The zero-order valence-electron chi connectivity index (χ0n) is 18.6. The molecule has 1 fully saturated rings. The minimum atomic E-state index is -0.593. The van der Waals surface area contributed by atoms with Crippen molar-refractivity contribution in [1.29, 1.82) is 0 Å². The zero-order valence-corrected chi connectivity index (χ0v) is 18.6. The highest BCUT2D eigenvalue weighted by Crippen LogP contribution is 2.36. The molecule has 0 aromatic heterocycles. The van der Waals surface area contributed by atoms with Crippen LogP contribution in [0, 0.1) is 0 Å². The SMILES string of the molecule is CC(NC1CC[C@H](c2ccc(CCC(C)(C)O)cc2)C1)c1cccc2ccccc12. The van der Waals surface area contributed by atoms with Gasteiger partial charge in [-0.2, -0.15) is 0 Å². The minimum Gasteiger partial charge on any atom is -0.390 e. The van der Waals surface area contributed by atoms with Gasteiger partial charge in [0, 0.05) is 12.1 Å². The average Bonchev–Trinajstić information content (AvgIpc) is 3.20. The van der Waals surface area contributed by atoms with Crippen LogP contribution in [0.4, 0.5) is 0 Å². The van der Waals surface area contributed by atoms with E-state index in [1.807, 2.05) is 13.8 Å². The van der Waals surface area contributed by atoms with Crippen LogP contribution in [0.2, 0.25) is 0 Å². The van der Waals surface area contributed by atoms with Gasteiger partial charge in [0.15, 0.2) is 0 Å². The van der Waals surface area contributed by atoms with Gasteiger partial charge >= 0.3 is 0 Å². The van der Waals surface area contributed by atoms with Crippen LogP contribution in [0.3, 0.4) is 0 Å². The van der Waals surface area contributed by atoms with E-state index in [-0.39, 0.29) is 0 Å². The van der Waals surface area contributed by atoms with E-state index in [4.69, 9.17) is 0 Å². The predicted octanol–water partition coefficient (Wildman–Crippen LogP) is 6.53. The standard InChI is InChI=1S/C28H35NO/c1-20(26-10-6-8-23-7-4-5-9-27(23)26)29-25-16-15-24(19-25)22-13-11-21(12-14-22)17-18-28(2,3)30/h4-14,20,24-25,29-30H,15-19H2,1-3H3/t20?,24-,25?/m0/s1. The van der Waals surface area contributed by atoms with Crippen molar-refractivity contribution in [3.63, 3.8) is 0 Å². The highest BCUT2D eigenvalue weighted by atomic mass is 16.3. The van der Waals surface area contributed by atoms with Crippen molar-refractivity contribution in [1.82, 2.24) is 5.32 Å². The molecule has 0 spiro atoms.